The van der Waals surface area contributed by atoms with E-state index in [0.29, 0.717) is 6.61 Å². The number of quaternary nitrogens is 1. The van der Waals surface area contributed by atoms with Crippen LogP contribution in [0.2, 0.25) is 5.02 Å². The van der Waals surface area contributed by atoms with E-state index < -0.39 is 0 Å². The number of hydrogen-bond acceptors (Lipinski definition) is 1. The number of rotatable bonds is 6. The van der Waals surface area contributed by atoms with Crippen molar-refractivity contribution in [2.75, 3.05) is 0 Å². The molecule has 29 heavy (non-hydrogen) atoms. The molecule has 0 saturated heterocycles. The van der Waals surface area contributed by atoms with Crippen LogP contribution in [0.15, 0.2) is 60.7 Å². The van der Waals surface area contributed by atoms with E-state index in [2.05, 4.69) is 41.7 Å². The number of nitrogens with two attached hydrogens (primary N) is 1. The molecule has 1 aliphatic carbocycles. The minimum Gasteiger partial charge on any atom is -0.488 e. The molecule has 0 aliphatic heterocycles. The Kier molecular flexibility index (Phi) is 7.08. The largest absolute Gasteiger partial charge is 0.488 e. The predicted octanol–water partition coefficient (Wildman–Crippen LogP) is 6.25. The van der Waals surface area contributed by atoms with E-state index in [1.54, 1.807) is 0 Å². The van der Waals surface area contributed by atoms with Crippen molar-refractivity contribution in [1.82, 2.24) is 0 Å². The summed E-state index contributed by atoms with van der Waals surface area (Å²) in [5.74, 6) is 1.00. The Bertz CT molecular complexity index is 914. The second kappa shape index (κ2) is 10.1. The van der Waals surface area contributed by atoms with Gasteiger partial charge in [0.2, 0.25) is 0 Å². The Labute approximate surface area is 179 Å². The average Bonchev–Trinajstić information content (AvgIpc) is 2.73. The van der Waals surface area contributed by atoms with Crippen molar-refractivity contribution in [3.63, 3.8) is 0 Å². The van der Waals surface area contributed by atoms with Gasteiger partial charge >= 0.3 is 0 Å². The maximum absolute atomic E-state index is 6.29. The first-order chi connectivity index (χ1) is 14.3. The van der Waals surface area contributed by atoms with E-state index in [4.69, 9.17) is 16.3 Å². The average molecular weight is 409 g/mol. The fourth-order valence-corrected chi connectivity index (χ4v) is 4.54. The summed E-state index contributed by atoms with van der Waals surface area (Å²) in [5.41, 5.74) is 2.46. The Morgan fingerprint density at radius 3 is 2.34 bits per heavy atom. The van der Waals surface area contributed by atoms with Gasteiger partial charge in [-0.25, -0.2) is 0 Å². The number of fused-ring (bicyclic) bond motifs is 1. The third kappa shape index (κ3) is 5.52. The fourth-order valence-electron chi connectivity index (χ4n) is 4.41. The summed E-state index contributed by atoms with van der Waals surface area (Å²) < 4.78 is 6.29. The normalized spacial score (nSPS) is 15.8. The van der Waals surface area contributed by atoms with Crippen LogP contribution in [0.4, 0.5) is 0 Å². The van der Waals surface area contributed by atoms with Gasteiger partial charge in [0, 0.05) is 5.02 Å². The van der Waals surface area contributed by atoms with Crippen LogP contribution in [0, 0.1) is 0 Å². The number of halogens is 1. The molecule has 1 saturated carbocycles. The molecule has 3 aromatic rings. The lowest BCUT2D eigenvalue weighted by molar-refractivity contribution is -0.705. The first-order valence-corrected chi connectivity index (χ1v) is 11.4. The molecule has 0 heterocycles. The molecule has 0 bridgehead atoms. The van der Waals surface area contributed by atoms with Crippen molar-refractivity contribution < 1.29 is 10.1 Å². The van der Waals surface area contributed by atoms with Crippen molar-refractivity contribution in [3.05, 3.63) is 76.8 Å². The second-order valence-electron chi connectivity index (χ2n) is 8.22. The van der Waals surface area contributed by atoms with Gasteiger partial charge in [0.05, 0.1) is 11.6 Å². The third-order valence-corrected chi connectivity index (χ3v) is 6.36. The molecule has 1 aliphatic rings. The maximum Gasteiger partial charge on any atom is 0.129 e. The molecule has 4 rings (SSSR count). The predicted molar refractivity (Wildman–Crippen MR) is 121 cm³/mol. The van der Waals surface area contributed by atoms with Gasteiger partial charge in [-0.15, -0.1) is 0 Å². The highest BCUT2D eigenvalue weighted by molar-refractivity contribution is 6.30. The van der Waals surface area contributed by atoms with E-state index >= 15 is 0 Å². The summed E-state index contributed by atoms with van der Waals surface area (Å²) in [5, 5.41) is 5.91. The van der Waals surface area contributed by atoms with Crippen LogP contribution >= 0.6 is 11.6 Å². The van der Waals surface area contributed by atoms with Crippen LogP contribution in [-0.4, -0.2) is 6.04 Å². The van der Waals surface area contributed by atoms with Gasteiger partial charge < -0.3 is 10.1 Å². The van der Waals surface area contributed by atoms with Gasteiger partial charge in [-0.2, -0.15) is 0 Å². The Hall–Kier alpha value is -2.03. The molecule has 0 amide bonds. The van der Waals surface area contributed by atoms with Gasteiger partial charge in [0.1, 0.15) is 18.9 Å². The monoisotopic (exact) mass is 408 g/mol. The van der Waals surface area contributed by atoms with Crippen LogP contribution < -0.4 is 10.1 Å². The summed E-state index contributed by atoms with van der Waals surface area (Å²) in [6.07, 6.45) is 9.63. The van der Waals surface area contributed by atoms with Crippen molar-refractivity contribution in [2.24, 2.45) is 0 Å². The topological polar surface area (TPSA) is 25.8 Å². The SMILES string of the molecule is Clc1ccc(COc2ccc3ccccc3c2C[NH2+]C2CCCCCCC2)cc1. The number of ether oxygens (including phenoxy) is 1. The zero-order chi connectivity index (χ0) is 19.9. The highest BCUT2D eigenvalue weighted by Crippen LogP contribution is 2.28. The molecule has 2 nitrogen and oxygen atoms in total. The summed E-state index contributed by atoms with van der Waals surface area (Å²) in [7, 11) is 0. The van der Waals surface area contributed by atoms with E-state index in [1.807, 2.05) is 24.3 Å². The quantitative estimate of drug-likeness (QED) is 0.512. The van der Waals surface area contributed by atoms with Gasteiger partial charge in [-0.05, 0) is 60.2 Å². The third-order valence-electron chi connectivity index (χ3n) is 6.11. The summed E-state index contributed by atoms with van der Waals surface area (Å²) in [4.78, 5) is 0. The van der Waals surface area contributed by atoms with Crippen molar-refractivity contribution in [1.29, 1.82) is 0 Å². The molecule has 0 spiro atoms. The zero-order valence-electron chi connectivity index (χ0n) is 17.1. The molecule has 3 heteroatoms. The zero-order valence-corrected chi connectivity index (χ0v) is 17.8. The van der Waals surface area contributed by atoms with Gasteiger partial charge in [0.25, 0.3) is 0 Å². The minimum atomic E-state index is 0.561. The first-order valence-electron chi connectivity index (χ1n) is 11.0. The summed E-state index contributed by atoms with van der Waals surface area (Å²) in [6.45, 7) is 1.54. The molecule has 0 aromatic heterocycles. The lowest BCUT2D eigenvalue weighted by atomic mass is 9.96. The van der Waals surface area contributed by atoms with E-state index in [0.717, 1.165) is 28.9 Å². The first kappa shape index (κ1) is 20.3. The molecule has 152 valence electrons. The second-order valence-corrected chi connectivity index (χ2v) is 8.66. The van der Waals surface area contributed by atoms with E-state index in [-0.39, 0.29) is 0 Å². The van der Waals surface area contributed by atoms with Crippen molar-refractivity contribution in [3.8, 4) is 5.75 Å². The molecule has 0 unspecified atom stereocenters. The molecule has 3 aromatic carbocycles. The van der Waals surface area contributed by atoms with Gasteiger partial charge in [-0.3, -0.25) is 0 Å². The molecule has 0 radical (unpaired) electrons. The lowest BCUT2D eigenvalue weighted by Crippen LogP contribution is -2.88. The fraction of sp³-hybridized carbons (Fsp3) is 0.385. The summed E-state index contributed by atoms with van der Waals surface area (Å²) in [6, 6.07) is 21.6. The highest BCUT2D eigenvalue weighted by Gasteiger charge is 2.17. The van der Waals surface area contributed by atoms with Crippen LogP contribution in [0.5, 0.6) is 5.75 Å². The van der Waals surface area contributed by atoms with E-state index in [1.165, 1.54) is 61.3 Å². The molecular weight excluding hydrogens is 378 g/mol. The number of hydrogen-bond donors (Lipinski definition) is 1. The van der Waals surface area contributed by atoms with Crippen LogP contribution in [-0.2, 0) is 13.2 Å². The Morgan fingerprint density at radius 1 is 0.828 bits per heavy atom. The van der Waals surface area contributed by atoms with Gasteiger partial charge in [-0.1, -0.05) is 73.3 Å². The Morgan fingerprint density at radius 2 is 1.55 bits per heavy atom. The summed E-state index contributed by atoms with van der Waals surface area (Å²) >= 11 is 6.01. The van der Waals surface area contributed by atoms with Crippen molar-refractivity contribution >= 4 is 22.4 Å². The minimum absolute atomic E-state index is 0.561. The van der Waals surface area contributed by atoms with Gasteiger partial charge in [0.15, 0.2) is 0 Å². The molecular formula is C26H31ClNO+. The van der Waals surface area contributed by atoms with E-state index in [9.17, 15) is 0 Å². The Balaban J connectivity index is 1.52. The maximum atomic E-state index is 6.29. The highest BCUT2D eigenvalue weighted by atomic mass is 35.5. The standard InChI is InChI=1S/C26H30ClNO/c27-22-15-12-20(13-16-22)19-29-26-17-14-21-8-6-7-11-24(21)25(26)18-28-23-9-4-2-1-3-5-10-23/h6-8,11-17,23,28H,1-5,9-10,18-19H2/p+1. The lowest BCUT2D eigenvalue weighted by Gasteiger charge is -2.20. The van der Waals surface area contributed by atoms with Crippen molar-refractivity contribution in [2.45, 2.75) is 64.1 Å². The van der Waals surface area contributed by atoms with Crippen LogP contribution in [0.25, 0.3) is 10.8 Å². The van der Waals surface area contributed by atoms with Crippen LogP contribution in [0.1, 0.15) is 56.1 Å². The molecule has 0 atom stereocenters. The number of benzene rings is 3. The van der Waals surface area contributed by atoms with Crippen LogP contribution in [0.3, 0.4) is 0 Å². The smallest absolute Gasteiger partial charge is 0.129 e. The molecule has 1 fully saturated rings. The molecule has 2 N–H and O–H groups in total.